The van der Waals surface area contributed by atoms with Crippen LogP contribution in [0.3, 0.4) is 0 Å². The number of hydrogen-bond acceptors (Lipinski definition) is 5. The average Bonchev–Trinajstić information content (AvgIpc) is 3.24. The number of carbonyl (C=O) groups is 1. The van der Waals surface area contributed by atoms with Gasteiger partial charge in [0.05, 0.1) is 11.9 Å². The summed E-state index contributed by atoms with van der Waals surface area (Å²) in [4.78, 5) is 16.4. The molecule has 0 radical (unpaired) electrons. The molecule has 0 aliphatic heterocycles. The molecule has 6 nitrogen and oxygen atoms in total. The van der Waals surface area contributed by atoms with E-state index in [1.807, 2.05) is 43.5 Å². The molecule has 7 heteroatoms. The Morgan fingerprint density at radius 2 is 2.17 bits per heavy atom. The highest BCUT2D eigenvalue weighted by atomic mass is 32.1. The van der Waals surface area contributed by atoms with E-state index >= 15 is 0 Å². The largest absolute Gasteiger partial charge is 0.347 e. The average molecular weight is 327 g/mol. The van der Waals surface area contributed by atoms with E-state index in [0.717, 1.165) is 16.3 Å². The van der Waals surface area contributed by atoms with Crippen molar-refractivity contribution in [1.29, 1.82) is 0 Å². The molecular formula is C16H17N5OS. The van der Waals surface area contributed by atoms with Gasteiger partial charge in [-0.1, -0.05) is 18.2 Å². The second-order valence-electron chi connectivity index (χ2n) is 5.16. The van der Waals surface area contributed by atoms with Crippen LogP contribution in [0.15, 0.2) is 48.1 Å². The predicted octanol–water partition coefficient (Wildman–Crippen LogP) is 2.07. The molecule has 0 saturated heterocycles. The summed E-state index contributed by atoms with van der Waals surface area (Å²) in [7, 11) is 0. The minimum absolute atomic E-state index is 0.0755. The van der Waals surface area contributed by atoms with Gasteiger partial charge in [0.15, 0.2) is 0 Å². The van der Waals surface area contributed by atoms with Gasteiger partial charge in [0.1, 0.15) is 10.7 Å². The molecule has 2 aromatic heterocycles. The van der Waals surface area contributed by atoms with Crippen LogP contribution < -0.4 is 11.1 Å². The van der Waals surface area contributed by atoms with Crippen molar-refractivity contribution in [3.63, 3.8) is 0 Å². The van der Waals surface area contributed by atoms with Crippen molar-refractivity contribution in [2.75, 3.05) is 6.54 Å². The molecule has 1 atom stereocenters. The maximum absolute atomic E-state index is 12.0. The van der Waals surface area contributed by atoms with Crippen molar-refractivity contribution in [1.82, 2.24) is 20.1 Å². The number of thiazole rings is 1. The van der Waals surface area contributed by atoms with Gasteiger partial charge in [-0.15, -0.1) is 11.3 Å². The normalized spacial score (nSPS) is 12.1. The fourth-order valence-electron chi connectivity index (χ4n) is 2.02. The van der Waals surface area contributed by atoms with Crippen LogP contribution in [0.4, 0.5) is 0 Å². The maximum Gasteiger partial charge on any atom is 0.271 e. The van der Waals surface area contributed by atoms with E-state index in [2.05, 4.69) is 15.4 Å². The maximum atomic E-state index is 12.0. The summed E-state index contributed by atoms with van der Waals surface area (Å²) < 4.78 is 1.78. The van der Waals surface area contributed by atoms with Gasteiger partial charge in [0, 0.05) is 29.7 Å². The van der Waals surface area contributed by atoms with Crippen LogP contribution in [0.1, 0.15) is 17.4 Å². The fraction of sp³-hybridized carbons (Fsp3) is 0.188. The minimum atomic E-state index is -0.207. The van der Waals surface area contributed by atoms with Crippen LogP contribution >= 0.6 is 11.3 Å². The number of para-hydroxylation sites is 1. The second-order valence-corrected chi connectivity index (χ2v) is 6.02. The van der Waals surface area contributed by atoms with Gasteiger partial charge in [-0.05, 0) is 19.1 Å². The first-order valence-corrected chi connectivity index (χ1v) is 8.12. The number of nitrogens with two attached hydrogens (primary N) is 1. The smallest absolute Gasteiger partial charge is 0.271 e. The molecule has 0 aliphatic rings. The van der Waals surface area contributed by atoms with Crippen molar-refractivity contribution >= 4 is 17.2 Å². The van der Waals surface area contributed by atoms with Gasteiger partial charge in [0.2, 0.25) is 0 Å². The Bertz CT molecular complexity index is 796. The molecule has 0 unspecified atom stereocenters. The fourth-order valence-corrected chi connectivity index (χ4v) is 2.80. The quantitative estimate of drug-likeness (QED) is 0.751. The Hall–Kier alpha value is -2.51. The summed E-state index contributed by atoms with van der Waals surface area (Å²) in [5.74, 6) is -0.207. The number of amides is 1. The minimum Gasteiger partial charge on any atom is -0.347 e. The van der Waals surface area contributed by atoms with Crippen LogP contribution in [0, 0.1) is 0 Å². The first-order valence-electron chi connectivity index (χ1n) is 7.24. The van der Waals surface area contributed by atoms with E-state index in [4.69, 9.17) is 5.73 Å². The molecular weight excluding hydrogens is 310 g/mol. The van der Waals surface area contributed by atoms with E-state index in [1.54, 1.807) is 16.3 Å². The lowest BCUT2D eigenvalue weighted by atomic mass is 10.3. The lowest BCUT2D eigenvalue weighted by molar-refractivity contribution is 0.0937. The molecule has 2 heterocycles. The summed E-state index contributed by atoms with van der Waals surface area (Å²) in [6, 6.07) is 9.76. The first kappa shape index (κ1) is 15.4. The van der Waals surface area contributed by atoms with Crippen molar-refractivity contribution in [2.45, 2.75) is 13.0 Å². The topological polar surface area (TPSA) is 85.8 Å². The Morgan fingerprint density at radius 1 is 1.39 bits per heavy atom. The van der Waals surface area contributed by atoms with Crippen LogP contribution in [0.2, 0.25) is 0 Å². The molecule has 0 fully saturated rings. The lowest BCUT2D eigenvalue weighted by Gasteiger charge is -2.09. The number of hydrogen-bond donors (Lipinski definition) is 2. The van der Waals surface area contributed by atoms with Crippen molar-refractivity contribution in [2.24, 2.45) is 5.73 Å². The third-order valence-electron chi connectivity index (χ3n) is 3.32. The van der Waals surface area contributed by atoms with E-state index in [1.165, 1.54) is 11.3 Å². The molecule has 1 aromatic carbocycles. The number of rotatable bonds is 5. The third kappa shape index (κ3) is 3.46. The summed E-state index contributed by atoms with van der Waals surface area (Å²) in [5.41, 5.74) is 7.77. The number of carbonyl (C=O) groups excluding carboxylic acids is 1. The Kier molecular flexibility index (Phi) is 4.50. The molecule has 3 N–H and O–H groups in total. The van der Waals surface area contributed by atoms with Gasteiger partial charge < -0.3 is 11.1 Å². The van der Waals surface area contributed by atoms with E-state index in [-0.39, 0.29) is 11.9 Å². The summed E-state index contributed by atoms with van der Waals surface area (Å²) in [6.07, 6.45) is 3.65. The van der Waals surface area contributed by atoms with Crippen molar-refractivity contribution < 1.29 is 4.79 Å². The van der Waals surface area contributed by atoms with Crippen LogP contribution in [-0.2, 0) is 0 Å². The lowest BCUT2D eigenvalue weighted by Crippen LogP contribution is -2.37. The molecule has 23 heavy (non-hydrogen) atoms. The molecule has 3 aromatic rings. The standard InChI is InChI=1S/C16H17N5OS/c1-11(7-17)19-15(22)14-10-23-16(20-14)12-8-18-21(9-12)13-5-3-2-4-6-13/h2-6,8-11H,7,17H2,1H3,(H,19,22)/t11-/m1/s1. The molecule has 118 valence electrons. The van der Waals surface area contributed by atoms with Crippen LogP contribution in [0.25, 0.3) is 16.3 Å². The molecule has 3 rings (SSSR count). The highest BCUT2D eigenvalue weighted by Crippen LogP contribution is 2.24. The number of nitrogens with one attached hydrogen (secondary N) is 1. The van der Waals surface area contributed by atoms with E-state index in [0.29, 0.717) is 12.2 Å². The zero-order valence-electron chi connectivity index (χ0n) is 12.6. The third-order valence-corrected chi connectivity index (χ3v) is 4.21. The molecule has 0 saturated carbocycles. The zero-order chi connectivity index (χ0) is 16.2. The van der Waals surface area contributed by atoms with Gasteiger partial charge >= 0.3 is 0 Å². The van der Waals surface area contributed by atoms with Crippen molar-refractivity contribution in [3.8, 4) is 16.3 Å². The predicted molar refractivity (Wildman–Crippen MR) is 90.7 cm³/mol. The van der Waals surface area contributed by atoms with Crippen molar-refractivity contribution in [3.05, 3.63) is 53.8 Å². The second kappa shape index (κ2) is 6.72. The van der Waals surface area contributed by atoms with Gasteiger partial charge in [-0.25, -0.2) is 9.67 Å². The first-order chi connectivity index (χ1) is 11.2. The van der Waals surface area contributed by atoms with Gasteiger partial charge in [0.25, 0.3) is 5.91 Å². The molecule has 1 amide bonds. The van der Waals surface area contributed by atoms with Gasteiger partial charge in [-0.3, -0.25) is 4.79 Å². The number of aromatic nitrogens is 3. The summed E-state index contributed by atoms with van der Waals surface area (Å²) >= 11 is 1.42. The summed E-state index contributed by atoms with van der Waals surface area (Å²) in [6.45, 7) is 2.25. The highest BCUT2D eigenvalue weighted by Gasteiger charge is 2.14. The molecule has 0 bridgehead atoms. The van der Waals surface area contributed by atoms with Gasteiger partial charge in [-0.2, -0.15) is 5.10 Å². The highest BCUT2D eigenvalue weighted by molar-refractivity contribution is 7.13. The Labute approximate surface area is 138 Å². The molecule has 0 aliphatic carbocycles. The Balaban J connectivity index is 1.79. The SMILES string of the molecule is C[C@H](CN)NC(=O)c1csc(-c2cnn(-c3ccccc3)c2)n1. The number of benzene rings is 1. The van der Waals surface area contributed by atoms with Crippen LogP contribution in [0.5, 0.6) is 0 Å². The monoisotopic (exact) mass is 327 g/mol. The molecule has 0 spiro atoms. The van der Waals surface area contributed by atoms with Crippen LogP contribution in [-0.4, -0.2) is 33.3 Å². The van der Waals surface area contributed by atoms with E-state index in [9.17, 15) is 4.79 Å². The zero-order valence-corrected chi connectivity index (χ0v) is 13.5. The Morgan fingerprint density at radius 3 is 2.91 bits per heavy atom. The summed E-state index contributed by atoms with van der Waals surface area (Å²) in [5, 5.41) is 9.65. The van der Waals surface area contributed by atoms with E-state index < -0.39 is 0 Å². The number of nitrogens with zero attached hydrogens (tertiary/aromatic N) is 3.